The van der Waals surface area contributed by atoms with Crippen LogP contribution in [0.3, 0.4) is 0 Å². The minimum atomic E-state index is 0.198. The molecule has 1 spiro atoms. The van der Waals surface area contributed by atoms with E-state index in [1.165, 1.54) is 55.7 Å². The highest BCUT2D eigenvalue weighted by atomic mass is 15.2. The maximum Gasteiger partial charge on any atom is 0.0671 e. The van der Waals surface area contributed by atoms with Gasteiger partial charge in [0.15, 0.2) is 0 Å². The van der Waals surface area contributed by atoms with Gasteiger partial charge in [-0.1, -0.05) is 24.3 Å². The molecule has 3 fully saturated rings. The molecule has 3 aliphatic heterocycles. The Morgan fingerprint density at radius 1 is 1.19 bits per heavy atom. The van der Waals surface area contributed by atoms with Crippen molar-refractivity contribution in [1.82, 2.24) is 4.90 Å². The van der Waals surface area contributed by atoms with Crippen LogP contribution in [-0.4, -0.2) is 29.7 Å². The summed E-state index contributed by atoms with van der Waals surface area (Å²) in [5.74, 6) is 0. The van der Waals surface area contributed by atoms with E-state index in [4.69, 9.17) is 4.99 Å². The smallest absolute Gasteiger partial charge is 0.0671 e. The fraction of sp³-hybridized carbons (Fsp3) is 0.526. The second-order valence-electron chi connectivity index (χ2n) is 7.28. The molecule has 21 heavy (non-hydrogen) atoms. The Balaban J connectivity index is 1.77. The quantitative estimate of drug-likeness (QED) is 0.713. The molecule has 0 bridgehead atoms. The van der Waals surface area contributed by atoms with E-state index in [0.29, 0.717) is 11.5 Å². The second kappa shape index (κ2) is 3.86. The van der Waals surface area contributed by atoms with Crippen LogP contribution >= 0.6 is 0 Å². The maximum atomic E-state index is 5.06. The number of rotatable bonds is 1. The van der Waals surface area contributed by atoms with Gasteiger partial charge in [-0.3, -0.25) is 9.89 Å². The van der Waals surface area contributed by atoms with Crippen molar-refractivity contribution in [3.8, 4) is 0 Å². The third kappa shape index (κ3) is 1.27. The zero-order valence-corrected chi connectivity index (χ0v) is 12.5. The van der Waals surface area contributed by atoms with Crippen molar-refractivity contribution in [3.05, 3.63) is 42.5 Å². The number of piperidine rings is 1. The topological polar surface area (TPSA) is 15.6 Å². The number of hydrogen-bond donors (Lipinski definition) is 0. The number of para-hydroxylation sites is 1. The summed E-state index contributed by atoms with van der Waals surface area (Å²) in [6.07, 6.45) is 8.59. The molecule has 2 nitrogen and oxygen atoms in total. The Morgan fingerprint density at radius 2 is 2.10 bits per heavy atom. The van der Waals surface area contributed by atoms with Crippen LogP contribution < -0.4 is 0 Å². The van der Waals surface area contributed by atoms with Gasteiger partial charge < -0.3 is 0 Å². The first-order chi connectivity index (χ1) is 10.3. The molecule has 0 N–H and O–H groups in total. The Bertz CT molecular complexity index is 661. The van der Waals surface area contributed by atoms with Gasteiger partial charge in [0.05, 0.1) is 11.1 Å². The van der Waals surface area contributed by atoms with Crippen LogP contribution in [0.5, 0.6) is 0 Å². The van der Waals surface area contributed by atoms with Gasteiger partial charge in [0, 0.05) is 17.2 Å². The molecule has 0 aromatic heterocycles. The monoisotopic (exact) mass is 278 g/mol. The Kier molecular flexibility index (Phi) is 2.24. The van der Waals surface area contributed by atoms with Gasteiger partial charge in [0.2, 0.25) is 0 Å². The van der Waals surface area contributed by atoms with E-state index in [1.54, 1.807) is 0 Å². The zero-order chi connectivity index (χ0) is 14.1. The first kappa shape index (κ1) is 12.2. The molecule has 1 aliphatic carbocycles. The predicted molar refractivity (Wildman–Crippen MR) is 86.3 cm³/mol. The van der Waals surface area contributed by atoms with Crippen molar-refractivity contribution < 1.29 is 0 Å². The summed E-state index contributed by atoms with van der Waals surface area (Å²) < 4.78 is 0. The standard InChI is InChI=1S/C19H22N2/c1-2-18-9-5-12-21-13-11-19(17(18)21)14-6-3-4-7-15(14)20-16(19)8-10-18/h2-4,6-7,17H,1,5,8-13H2/t17-,18-,19-/m0/s1. The molecule has 1 aromatic rings. The van der Waals surface area contributed by atoms with E-state index in [1.807, 2.05) is 0 Å². The lowest BCUT2D eigenvalue weighted by Gasteiger charge is -2.55. The van der Waals surface area contributed by atoms with Gasteiger partial charge in [0.25, 0.3) is 0 Å². The molecular weight excluding hydrogens is 256 g/mol. The Hall–Kier alpha value is -1.41. The average molecular weight is 278 g/mol. The van der Waals surface area contributed by atoms with Crippen LogP contribution in [0, 0.1) is 5.41 Å². The largest absolute Gasteiger partial charge is 0.298 e. The molecule has 0 amide bonds. The van der Waals surface area contributed by atoms with Crippen LogP contribution in [0.1, 0.15) is 37.7 Å². The molecule has 0 unspecified atom stereocenters. The van der Waals surface area contributed by atoms with Gasteiger partial charge in [-0.15, -0.1) is 6.58 Å². The third-order valence-corrected chi connectivity index (χ3v) is 6.65. The highest BCUT2D eigenvalue weighted by Crippen LogP contribution is 2.61. The van der Waals surface area contributed by atoms with E-state index >= 15 is 0 Å². The first-order valence-electron chi connectivity index (χ1n) is 8.35. The predicted octanol–water partition coefficient (Wildman–Crippen LogP) is 3.84. The van der Waals surface area contributed by atoms with Gasteiger partial charge in [-0.2, -0.15) is 0 Å². The molecule has 1 aromatic carbocycles. The summed E-state index contributed by atoms with van der Waals surface area (Å²) in [6, 6.07) is 9.47. The zero-order valence-electron chi connectivity index (χ0n) is 12.5. The molecular formula is C19H22N2. The van der Waals surface area contributed by atoms with Crippen molar-refractivity contribution in [1.29, 1.82) is 0 Å². The molecule has 2 saturated heterocycles. The Labute approximate surface area is 126 Å². The van der Waals surface area contributed by atoms with Crippen LogP contribution in [0.4, 0.5) is 5.69 Å². The van der Waals surface area contributed by atoms with E-state index in [9.17, 15) is 0 Å². The number of fused-ring (bicyclic) bond motifs is 1. The molecule has 3 atom stereocenters. The minimum Gasteiger partial charge on any atom is -0.298 e. The molecule has 5 rings (SSSR count). The van der Waals surface area contributed by atoms with Crippen molar-refractivity contribution in [2.75, 3.05) is 13.1 Å². The molecule has 2 heteroatoms. The van der Waals surface area contributed by atoms with Crippen LogP contribution in [0.25, 0.3) is 0 Å². The lowest BCUT2D eigenvalue weighted by atomic mass is 9.54. The van der Waals surface area contributed by atoms with Crippen LogP contribution in [0.2, 0.25) is 0 Å². The van der Waals surface area contributed by atoms with E-state index < -0.39 is 0 Å². The molecule has 1 saturated carbocycles. The fourth-order valence-corrected chi connectivity index (χ4v) is 5.88. The molecule has 4 aliphatic rings. The Morgan fingerprint density at radius 3 is 3.00 bits per heavy atom. The van der Waals surface area contributed by atoms with Gasteiger partial charge >= 0.3 is 0 Å². The van der Waals surface area contributed by atoms with Crippen LogP contribution in [0.15, 0.2) is 41.9 Å². The maximum absolute atomic E-state index is 5.06. The van der Waals surface area contributed by atoms with Crippen LogP contribution in [-0.2, 0) is 5.41 Å². The lowest BCUT2D eigenvalue weighted by Crippen LogP contribution is -2.61. The van der Waals surface area contributed by atoms with Crippen molar-refractivity contribution in [3.63, 3.8) is 0 Å². The third-order valence-electron chi connectivity index (χ3n) is 6.65. The van der Waals surface area contributed by atoms with E-state index in [2.05, 4.69) is 41.8 Å². The van der Waals surface area contributed by atoms with Crippen molar-refractivity contribution in [2.24, 2.45) is 10.4 Å². The molecule has 108 valence electrons. The molecule has 0 radical (unpaired) electrons. The number of hydrogen-bond acceptors (Lipinski definition) is 2. The van der Waals surface area contributed by atoms with Gasteiger partial charge in [-0.25, -0.2) is 0 Å². The average Bonchev–Trinajstić information content (AvgIpc) is 3.08. The second-order valence-corrected chi connectivity index (χ2v) is 7.28. The van der Waals surface area contributed by atoms with Gasteiger partial charge in [-0.05, 0) is 56.8 Å². The van der Waals surface area contributed by atoms with Gasteiger partial charge in [0.1, 0.15) is 0 Å². The summed E-state index contributed by atoms with van der Waals surface area (Å²) in [5, 5.41) is 0. The summed E-state index contributed by atoms with van der Waals surface area (Å²) in [6.45, 7) is 6.75. The molecule has 3 heterocycles. The SMILES string of the molecule is C=C[C@]12CCCN3CC[C@]4(C(=Nc5ccccc54)CC1)[C@@H]32. The highest BCUT2D eigenvalue weighted by molar-refractivity contribution is 6.04. The minimum absolute atomic E-state index is 0.198. The summed E-state index contributed by atoms with van der Waals surface area (Å²) in [7, 11) is 0. The normalized spacial score (nSPS) is 40.2. The fourth-order valence-electron chi connectivity index (χ4n) is 5.88. The van der Waals surface area contributed by atoms with Crippen molar-refractivity contribution in [2.45, 2.75) is 43.6 Å². The lowest BCUT2D eigenvalue weighted by molar-refractivity contribution is 0.0445. The van der Waals surface area contributed by atoms with Crippen molar-refractivity contribution >= 4 is 11.4 Å². The first-order valence-corrected chi connectivity index (χ1v) is 8.35. The van der Waals surface area contributed by atoms with E-state index in [0.717, 1.165) is 6.42 Å². The summed E-state index contributed by atoms with van der Waals surface area (Å²) >= 11 is 0. The van der Waals surface area contributed by atoms with E-state index in [-0.39, 0.29) is 5.41 Å². The number of benzene rings is 1. The summed E-state index contributed by atoms with van der Waals surface area (Å²) in [5.41, 5.74) is 4.71. The number of nitrogens with zero attached hydrogens (tertiary/aromatic N) is 2. The number of aliphatic imine (C=N–C) groups is 1. The highest BCUT2D eigenvalue weighted by Gasteiger charge is 2.64. The summed E-state index contributed by atoms with van der Waals surface area (Å²) in [4.78, 5) is 7.81.